The molecule has 0 bridgehead atoms. The lowest BCUT2D eigenvalue weighted by Gasteiger charge is -2.26. The van der Waals surface area contributed by atoms with E-state index in [1.807, 2.05) is 127 Å². The molecule has 10 nitrogen and oxygen atoms in total. The van der Waals surface area contributed by atoms with E-state index in [9.17, 15) is 4.79 Å². The van der Waals surface area contributed by atoms with Gasteiger partial charge in [0.1, 0.15) is 17.9 Å². The molecule has 58 heavy (non-hydrogen) atoms. The molecule has 0 fully saturated rings. The summed E-state index contributed by atoms with van der Waals surface area (Å²) in [6, 6.07) is 35.0. The molecule has 1 aliphatic heterocycles. The average Bonchev–Trinajstić information content (AvgIpc) is 3.86. The lowest BCUT2D eigenvalue weighted by Crippen LogP contribution is -2.25. The van der Waals surface area contributed by atoms with Crippen molar-refractivity contribution in [1.29, 1.82) is 0 Å². The SMILES string of the molecule is CC.CC.CC.COC(=O)c1cnc(N(Cc2ccccc2)Cc2ccccc2)c2c1cc(-c1ccc(C3=NC(C)(C)CO3)cc1OC)n2S(=O)(=O)c1ccccc1. The summed E-state index contributed by atoms with van der Waals surface area (Å²) >= 11 is 0. The number of carbonyl (C=O) groups excluding carboxylic acids is 1. The number of esters is 1. The molecule has 0 saturated carbocycles. The average molecular weight is 805 g/mol. The zero-order valence-electron chi connectivity index (χ0n) is 35.3. The molecule has 0 N–H and O–H groups in total. The van der Waals surface area contributed by atoms with Gasteiger partial charge in [-0.2, -0.15) is 0 Å². The quantitative estimate of drug-likeness (QED) is 0.119. The van der Waals surface area contributed by atoms with E-state index in [0.29, 0.717) is 53.7 Å². The van der Waals surface area contributed by atoms with Crippen molar-refractivity contribution in [2.24, 2.45) is 4.99 Å². The third-order valence-corrected chi connectivity index (χ3v) is 10.6. The van der Waals surface area contributed by atoms with Crippen LogP contribution in [0.5, 0.6) is 5.75 Å². The Labute approximate surface area is 344 Å². The molecule has 0 spiro atoms. The third kappa shape index (κ3) is 9.77. The number of aliphatic imine (C=N–C) groups is 1. The van der Waals surface area contributed by atoms with Crippen molar-refractivity contribution in [1.82, 2.24) is 8.96 Å². The molecule has 0 atom stereocenters. The van der Waals surface area contributed by atoms with Crippen LogP contribution >= 0.6 is 0 Å². The molecule has 3 heterocycles. The van der Waals surface area contributed by atoms with E-state index in [1.165, 1.54) is 24.4 Å². The third-order valence-electron chi connectivity index (χ3n) is 8.89. The molecule has 0 aliphatic carbocycles. The largest absolute Gasteiger partial charge is 0.496 e. The lowest BCUT2D eigenvalue weighted by atomic mass is 10.1. The monoisotopic (exact) mass is 804 g/mol. The maximum absolute atomic E-state index is 15.0. The van der Waals surface area contributed by atoms with Crippen molar-refractivity contribution in [3.05, 3.63) is 144 Å². The van der Waals surface area contributed by atoms with Crippen LogP contribution in [0.4, 0.5) is 5.82 Å². The molecule has 2 aromatic heterocycles. The summed E-state index contributed by atoms with van der Waals surface area (Å²) in [4.78, 5) is 25.0. The standard InChI is InChI=1S/C41H38N4O6S.3C2H6/c1-41(2)27-51-39(43-41)30-20-21-32(36(22-30)49-3)35-23-33-34(40(46)50-4)24-42-38(37(33)45(35)52(47,48)31-18-12-7-13-19-31)44(25-28-14-8-5-9-15-28)26-29-16-10-6-11-17-29;3*1-2/h5-24H,25-27H2,1-4H3;3*1-2H3. The Morgan fingerprint density at radius 1 is 0.793 bits per heavy atom. The van der Waals surface area contributed by atoms with E-state index in [4.69, 9.17) is 24.2 Å². The van der Waals surface area contributed by atoms with E-state index < -0.39 is 16.0 Å². The van der Waals surface area contributed by atoms with Crippen molar-refractivity contribution in [2.75, 3.05) is 25.7 Å². The number of carbonyl (C=O) groups is 1. The molecule has 0 unspecified atom stereocenters. The van der Waals surface area contributed by atoms with Gasteiger partial charge in [0.15, 0.2) is 5.82 Å². The number of hydrogen-bond acceptors (Lipinski definition) is 9. The van der Waals surface area contributed by atoms with Crippen LogP contribution < -0.4 is 9.64 Å². The van der Waals surface area contributed by atoms with Crippen LogP contribution in [0.3, 0.4) is 0 Å². The van der Waals surface area contributed by atoms with Gasteiger partial charge in [-0.25, -0.2) is 27.2 Å². The van der Waals surface area contributed by atoms with Gasteiger partial charge in [0.2, 0.25) is 5.90 Å². The fourth-order valence-corrected chi connectivity index (χ4v) is 7.93. The van der Waals surface area contributed by atoms with Gasteiger partial charge >= 0.3 is 5.97 Å². The summed E-state index contributed by atoms with van der Waals surface area (Å²) in [6.45, 7) is 17.2. The number of pyridine rings is 1. The van der Waals surface area contributed by atoms with Crippen molar-refractivity contribution in [3.8, 4) is 17.0 Å². The second-order valence-electron chi connectivity index (χ2n) is 13.1. The first kappa shape index (κ1) is 44.8. The van der Waals surface area contributed by atoms with Crippen LogP contribution in [0.2, 0.25) is 0 Å². The van der Waals surface area contributed by atoms with Crippen molar-refractivity contribution < 1.29 is 27.4 Å². The molecule has 0 saturated heterocycles. The highest BCUT2D eigenvalue weighted by Crippen LogP contribution is 2.42. The highest BCUT2D eigenvalue weighted by Gasteiger charge is 2.32. The van der Waals surface area contributed by atoms with Gasteiger partial charge in [-0.05, 0) is 61.4 Å². The Morgan fingerprint density at radius 2 is 1.34 bits per heavy atom. The normalized spacial score (nSPS) is 12.6. The topological polar surface area (TPSA) is 112 Å². The van der Waals surface area contributed by atoms with E-state index >= 15 is 8.42 Å². The van der Waals surface area contributed by atoms with Gasteiger partial charge in [0.25, 0.3) is 10.0 Å². The van der Waals surface area contributed by atoms with Crippen LogP contribution in [0, 0.1) is 0 Å². The predicted molar refractivity (Wildman–Crippen MR) is 235 cm³/mol. The number of hydrogen-bond donors (Lipinski definition) is 0. The second-order valence-corrected chi connectivity index (χ2v) is 14.9. The molecular formula is C47H56N4O6S. The number of benzene rings is 4. The fraction of sp³-hybridized carbons (Fsp3) is 0.298. The zero-order chi connectivity index (χ0) is 42.5. The number of methoxy groups -OCH3 is 2. The molecule has 4 aromatic carbocycles. The van der Waals surface area contributed by atoms with Gasteiger partial charge in [0, 0.05) is 35.8 Å². The van der Waals surface area contributed by atoms with Gasteiger partial charge in [-0.3, -0.25) is 0 Å². The zero-order valence-corrected chi connectivity index (χ0v) is 36.1. The van der Waals surface area contributed by atoms with Crippen molar-refractivity contribution in [3.63, 3.8) is 0 Å². The fourth-order valence-electron chi connectivity index (χ4n) is 6.39. The Hall–Kier alpha value is -5.94. The summed E-state index contributed by atoms with van der Waals surface area (Å²) in [5.74, 6) is 0.584. The van der Waals surface area contributed by atoms with E-state index in [0.717, 1.165) is 11.1 Å². The smallest absolute Gasteiger partial charge is 0.340 e. The first-order valence-electron chi connectivity index (χ1n) is 19.8. The number of nitrogens with zero attached hydrogens (tertiary/aromatic N) is 4. The molecule has 11 heteroatoms. The van der Waals surface area contributed by atoms with Gasteiger partial charge < -0.3 is 19.1 Å². The Bertz CT molecular complexity index is 2350. The number of rotatable bonds is 11. The summed E-state index contributed by atoms with van der Waals surface area (Å²) in [5.41, 5.74) is 3.39. The maximum atomic E-state index is 15.0. The van der Waals surface area contributed by atoms with Crippen LogP contribution in [0.25, 0.3) is 22.2 Å². The first-order chi connectivity index (χ1) is 28.1. The van der Waals surface area contributed by atoms with Crippen LogP contribution in [0.15, 0.2) is 131 Å². The van der Waals surface area contributed by atoms with Gasteiger partial charge in [-0.1, -0.05) is 120 Å². The van der Waals surface area contributed by atoms with Gasteiger partial charge in [-0.15, -0.1) is 0 Å². The molecule has 306 valence electrons. The van der Waals surface area contributed by atoms with Crippen LogP contribution in [-0.2, 0) is 32.6 Å². The van der Waals surface area contributed by atoms with E-state index in [1.54, 1.807) is 48.5 Å². The molecule has 7 rings (SSSR count). The number of ether oxygens (including phenoxy) is 3. The molecule has 6 aromatic rings. The summed E-state index contributed by atoms with van der Waals surface area (Å²) in [7, 11) is -1.51. The lowest BCUT2D eigenvalue weighted by molar-refractivity contribution is 0.0602. The number of anilines is 1. The van der Waals surface area contributed by atoms with E-state index in [2.05, 4.69) is 0 Å². The summed E-state index contributed by atoms with van der Waals surface area (Å²) in [5, 5.41) is 0.355. The predicted octanol–water partition coefficient (Wildman–Crippen LogP) is 10.6. The van der Waals surface area contributed by atoms with Crippen molar-refractivity contribution in [2.45, 2.75) is 78.9 Å². The Balaban J connectivity index is 0.00000119. The van der Waals surface area contributed by atoms with Crippen LogP contribution in [0.1, 0.15) is 82.4 Å². The van der Waals surface area contributed by atoms with Crippen LogP contribution in [-0.4, -0.2) is 55.6 Å². The minimum atomic E-state index is -4.32. The van der Waals surface area contributed by atoms with Crippen molar-refractivity contribution >= 4 is 38.6 Å². The molecule has 0 amide bonds. The number of aromatic nitrogens is 2. The summed E-state index contributed by atoms with van der Waals surface area (Å²) in [6.07, 6.45) is 1.45. The second kappa shape index (κ2) is 20.5. The van der Waals surface area contributed by atoms with E-state index in [-0.39, 0.29) is 27.2 Å². The summed E-state index contributed by atoms with van der Waals surface area (Å²) < 4.78 is 48.3. The Kier molecular flexibility index (Phi) is 15.8. The highest BCUT2D eigenvalue weighted by molar-refractivity contribution is 7.90. The maximum Gasteiger partial charge on any atom is 0.340 e. The molecule has 0 radical (unpaired) electrons. The highest BCUT2D eigenvalue weighted by atomic mass is 32.2. The number of fused-ring (bicyclic) bond motifs is 1. The first-order valence-corrected chi connectivity index (χ1v) is 21.2. The molecule has 1 aliphatic rings. The molecular weight excluding hydrogens is 749 g/mol. The Morgan fingerprint density at radius 3 is 1.84 bits per heavy atom. The van der Waals surface area contributed by atoms with Gasteiger partial charge in [0.05, 0.1) is 35.9 Å². The minimum absolute atomic E-state index is 0.0624. The minimum Gasteiger partial charge on any atom is -0.496 e.